The summed E-state index contributed by atoms with van der Waals surface area (Å²) in [4.78, 5) is 26.0. The summed E-state index contributed by atoms with van der Waals surface area (Å²) < 4.78 is 5.91. The van der Waals surface area contributed by atoms with Crippen LogP contribution in [0.25, 0.3) is 0 Å². The third kappa shape index (κ3) is 43.3. The van der Waals surface area contributed by atoms with Crippen LogP contribution in [-0.2, 0) is 14.3 Å². The molecule has 1 amide bonds. The topological polar surface area (TPSA) is 95.9 Å². The molecule has 3 atom stereocenters. The molecule has 0 bridgehead atoms. The number of nitrogens with one attached hydrogen (secondary N) is 1. The van der Waals surface area contributed by atoms with E-state index in [1.165, 1.54) is 218 Å². The predicted octanol–water partition coefficient (Wildman–Crippen LogP) is 16.0. The first kappa shape index (κ1) is 57.9. The van der Waals surface area contributed by atoms with Crippen molar-refractivity contribution in [3.05, 3.63) is 0 Å². The van der Waals surface area contributed by atoms with Crippen molar-refractivity contribution in [3.8, 4) is 0 Å². The molecule has 0 aliphatic carbocycles. The Morgan fingerprint density at radius 3 is 1.03 bits per heavy atom. The molecule has 3 N–H and O–H groups in total. The van der Waals surface area contributed by atoms with Crippen LogP contribution in [0.5, 0.6) is 0 Å². The van der Waals surface area contributed by atoms with Crippen molar-refractivity contribution >= 4 is 11.9 Å². The summed E-state index contributed by atoms with van der Waals surface area (Å²) in [7, 11) is 0. The van der Waals surface area contributed by atoms with Gasteiger partial charge < -0.3 is 20.3 Å². The van der Waals surface area contributed by atoms with E-state index in [4.69, 9.17) is 4.74 Å². The highest BCUT2D eigenvalue weighted by Crippen LogP contribution is 2.19. The predicted molar refractivity (Wildman–Crippen MR) is 255 cm³/mol. The molecule has 6 nitrogen and oxygen atoms in total. The van der Waals surface area contributed by atoms with E-state index in [2.05, 4.69) is 26.1 Å². The van der Waals surface area contributed by atoms with Gasteiger partial charge in [0, 0.05) is 6.42 Å². The molecule has 0 aliphatic rings. The van der Waals surface area contributed by atoms with Crippen LogP contribution >= 0.6 is 0 Å². The second-order valence-corrected chi connectivity index (χ2v) is 18.6. The van der Waals surface area contributed by atoms with Crippen LogP contribution in [0.1, 0.15) is 303 Å². The minimum absolute atomic E-state index is 0.0862. The summed E-state index contributed by atoms with van der Waals surface area (Å²) in [6.45, 7) is 6.49. The number of rotatable bonds is 49. The van der Waals surface area contributed by atoms with Crippen molar-refractivity contribution < 1.29 is 24.5 Å². The van der Waals surface area contributed by atoms with Gasteiger partial charge in [-0.05, 0) is 25.7 Å². The highest BCUT2D eigenvalue weighted by atomic mass is 16.5. The summed E-state index contributed by atoms with van der Waals surface area (Å²) in [6.07, 6.45) is 51.8. The summed E-state index contributed by atoms with van der Waals surface area (Å²) >= 11 is 0. The number of hydrogen-bond acceptors (Lipinski definition) is 5. The Morgan fingerprint density at radius 2 is 0.712 bits per heavy atom. The maximum absolute atomic E-state index is 13.1. The molecule has 0 rings (SSSR count). The fourth-order valence-corrected chi connectivity index (χ4v) is 8.61. The van der Waals surface area contributed by atoms with E-state index in [-0.39, 0.29) is 24.9 Å². The van der Waals surface area contributed by atoms with E-state index in [0.29, 0.717) is 19.3 Å². The van der Waals surface area contributed by atoms with Crippen LogP contribution in [0.2, 0.25) is 0 Å². The van der Waals surface area contributed by atoms with Gasteiger partial charge >= 0.3 is 5.97 Å². The maximum atomic E-state index is 13.1. The Morgan fingerprint density at radius 1 is 0.424 bits per heavy atom. The number of aliphatic hydroxyl groups is 2. The first-order chi connectivity index (χ1) is 29.0. The Balaban J connectivity index is 4.27. The van der Waals surface area contributed by atoms with Crippen LogP contribution in [0.15, 0.2) is 0 Å². The van der Waals surface area contributed by atoms with Crippen LogP contribution in [0.4, 0.5) is 0 Å². The zero-order chi connectivity index (χ0) is 43.1. The van der Waals surface area contributed by atoms with E-state index in [1.807, 2.05) is 0 Å². The Bertz CT molecular complexity index is 852. The molecule has 0 aromatic rings. The zero-order valence-corrected chi connectivity index (χ0v) is 40.2. The molecule has 0 spiro atoms. The molecule has 0 heterocycles. The number of esters is 1. The number of ether oxygens (including phenoxy) is 1. The molecule has 0 radical (unpaired) electrons. The van der Waals surface area contributed by atoms with Gasteiger partial charge in [0.05, 0.1) is 25.2 Å². The number of carbonyl (C=O) groups excluding carboxylic acids is 2. The number of amides is 1. The van der Waals surface area contributed by atoms with Crippen LogP contribution in [0.3, 0.4) is 0 Å². The number of unbranched alkanes of at least 4 members (excludes halogenated alkanes) is 37. The highest BCUT2D eigenvalue weighted by Gasteiger charge is 2.24. The average Bonchev–Trinajstić information content (AvgIpc) is 3.23. The average molecular weight is 836 g/mol. The second-order valence-electron chi connectivity index (χ2n) is 18.6. The minimum atomic E-state index is -0.778. The smallest absolute Gasteiger partial charge is 0.306 e. The van der Waals surface area contributed by atoms with E-state index in [9.17, 15) is 19.8 Å². The standard InChI is InChI=1S/C53H105NO5/c1-4-7-10-13-16-18-20-22-24-26-28-30-32-34-37-40-43-46-53(58)59-49(44-41-38-35-15-12-9-6-3)47-52(57)54-50(48-55)51(56)45-42-39-36-33-31-29-27-25-23-21-19-17-14-11-8-5-2/h49-51,55-56H,4-48H2,1-3H3,(H,54,57). The van der Waals surface area contributed by atoms with Gasteiger partial charge in [-0.2, -0.15) is 0 Å². The van der Waals surface area contributed by atoms with Crippen LogP contribution in [0, 0.1) is 0 Å². The lowest BCUT2D eigenvalue weighted by atomic mass is 10.0. The van der Waals surface area contributed by atoms with Gasteiger partial charge in [-0.1, -0.05) is 265 Å². The van der Waals surface area contributed by atoms with E-state index in [1.54, 1.807) is 0 Å². The Hall–Kier alpha value is -1.14. The minimum Gasteiger partial charge on any atom is -0.462 e. The van der Waals surface area contributed by atoms with Gasteiger partial charge in [-0.25, -0.2) is 0 Å². The molecule has 0 aromatic carbocycles. The number of carbonyl (C=O) groups is 2. The van der Waals surface area contributed by atoms with Crippen molar-refractivity contribution in [1.82, 2.24) is 5.32 Å². The van der Waals surface area contributed by atoms with Crippen LogP contribution < -0.4 is 5.32 Å². The van der Waals surface area contributed by atoms with Gasteiger partial charge in [0.25, 0.3) is 0 Å². The van der Waals surface area contributed by atoms with E-state index in [0.717, 1.165) is 38.5 Å². The SMILES string of the molecule is CCCCCCCCCCCCCCCCCCCC(=O)OC(CCCCCCCCC)CC(=O)NC(CO)C(O)CCCCCCCCCCCCCCCCCC. The molecule has 3 unspecified atom stereocenters. The summed E-state index contributed by atoms with van der Waals surface area (Å²) in [5.41, 5.74) is 0. The van der Waals surface area contributed by atoms with Gasteiger partial charge in [-0.15, -0.1) is 0 Å². The van der Waals surface area contributed by atoms with E-state index < -0.39 is 18.2 Å². The Kier molecular flexibility index (Phi) is 47.0. The molecule has 0 fully saturated rings. The highest BCUT2D eigenvalue weighted by molar-refractivity contribution is 5.77. The summed E-state index contributed by atoms with van der Waals surface area (Å²) in [6, 6.07) is -0.691. The number of hydrogen-bond donors (Lipinski definition) is 3. The molecular formula is C53H105NO5. The third-order valence-electron chi connectivity index (χ3n) is 12.7. The molecular weight excluding hydrogens is 731 g/mol. The van der Waals surface area contributed by atoms with Gasteiger partial charge in [0.15, 0.2) is 0 Å². The summed E-state index contributed by atoms with van der Waals surface area (Å²) in [5, 5.41) is 23.7. The summed E-state index contributed by atoms with van der Waals surface area (Å²) in [5.74, 6) is -0.456. The molecule has 59 heavy (non-hydrogen) atoms. The first-order valence-corrected chi connectivity index (χ1v) is 26.8. The normalized spacial score (nSPS) is 13.1. The fraction of sp³-hybridized carbons (Fsp3) is 0.962. The molecule has 352 valence electrons. The first-order valence-electron chi connectivity index (χ1n) is 26.8. The van der Waals surface area contributed by atoms with Crippen molar-refractivity contribution in [1.29, 1.82) is 0 Å². The lowest BCUT2D eigenvalue weighted by Crippen LogP contribution is -2.46. The van der Waals surface area contributed by atoms with Gasteiger partial charge in [0.2, 0.25) is 5.91 Å². The van der Waals surface area contributed by atoms with Gasteiger partial charge in [0.1, 0.15) is 6.10 Å². The Labute approximate surface area is 368 Å². The molecule has 0 saturated carbocycles. The van der Waals surface area contributed by atoms with Crippen molar-refractivity contribution in [2.75, 3.05) is 6.61 Å². The quantitative estimate of drug-likeness (QED) is 0.0419. The zero-order valence-electron chi connectivity index (χ0n) is 40.2. The fourth-order valence-electron chi connectivity index (χ4n) is 8.61. The van der Waals surface area contributed by atoms with Gasteiger partial charge in [-0.3, -0.25) is 9.59 Å². The lowest BCUT2D eigenvalue weighted by molar-refractivity contribution is -0.151. The van der Waals surface area contributed by atoms with Crippen molar-refractivity contribution in [2.45, 2.75) is 322 Å². The second kappa shape index (κ2) is 47.9. The lowest BCUT2D eigenvalue weighted by Gasteiger charge is -2.24. The van der Waals surface area contributed by atoms with Crippen molar-refractivity contribution in [2.24, 2.45) is 0 Å². The maximum Gasteiger partial charge on any atom is 0.306 e. The molecule has 6 heteroatoms. The largest absolute Gasteiger partial charge is 0.462 e. The molecule has 0 aliphatic heterocycles. The molecule has 0 aromatic heterocycles. The number of aliphatic hydroxyl groups excluding tert-OH is 2. The van der Waals surface area contributed by atoms with Crippen LogP contribution in [-0.4, -0.2) is 46.9 Å². The molecule has 0 saturated heterocycles. The van der Waals surface area contributed by atoms with E-state index >= 15 is 0 Å². The third-order valence-corrected chi connectivity index (χ3v) is 12.7. The van der Waals surface area contributed by atoms with Crippen molar-refractivity contribution in [3.63, 3.8) is 0 Å². The monoisotopic (exact) mass is 836 g/mol.